The van der Waals surface area contributed by atoms with Crippen LogP contribution in [0.2, 0.25) is 0 Å². The first-order valence-electron chi connectivity index (χ1n) is 7.74. The van der Waals surface area contributed by atoms with Crippen LogP contribution in [0.5, 0.6) is 0 Å². The number of hydrogen-bond acceptors (Lipinski definition) is 7. The molecule has 1 heterocycles. The van der Waals surface area contributed by atoms with Crippen LogP contribution in [0.3, 0.4) is 0 Å². The Morgan fingerprint density at radius 1 is 1.42 bits per heavy atom. The van der Waals surface area contributed by atoms with Crippen molar-refractivity contribution >= 4 is 31.7 Å². The van der Waals surface area contributed by atoms with Gasteiger partial charge in [0.15, 0.2) is 5.69 Å². The third-order valence-corrected chi connectivity index (χ3v) is 5.78. The molecule has 1 aromatic heterocycles. The summed E-state index contributed by atoms with van der Waals surface area (Å²) in [7, 11) is -3.51. The van der Waals surface area contributed by atoms with Gasteiger partial charge in [-0.3, -0.25) is 0 Å². The van der Waals surface area contributed by atoms with E-state index in [9.17, 15) is 18.0 Å². The maximum Gasteiger partial charge on any atom is 0.209 e. The minimum Gasteiger partial charge on any atom is -0.411 e. The Morgan fingerprint density at radius 3 is 2.85 bits per heavy atom. The number of hydrogen-bond donors (Lipinski definition) is 2. The zero-order valence-electron chi connectivity index (χ0n) is 13.5. The maximum atomic E-state index is 13.3. The molecule has 1 saturated carbocycles. The average molecular weight is 447 g/mol. The first-order valence-corrected chi connectivity index (χ1v) is 10.2. The van der Waals surface area contributed by atoms with Gasteiger partial charge in [0.05, 0.1) is 10.2 Å². The molecule has 1 aliphatic rings. The summed E-state index contributed by atoms with van der Waals surface area (Å²) in [6.45, 7) is 0. The third-order valence-electron chi connectivity index (χ3n) is 4.28. The fourth-order valence-corrected chi connectivity index (χ4v) is 4.31. The van der Waals surface area contributed by atoms with Crippen molar-refractivity contribution in [2.24, 2.45) is 22.1 Å². The Kier molecular flexibility index (Phi) is 5.39. The van der Waals surface area contributed by atoms with E-state index in [1.807, 2.05) is 0 Å². The molecule has 0 spiro atoms. The molecular formula is C15H16BrFN4O4S. The average Bonchev–Trinajstić information content (AvgIpc) is 3.08. The van der Waals surface area contributed by atoms with Gasteiger partial charge in [0, 0.05) is 6.42 Å². The van der Waals surface area contributed by atoms with Gasteiger partial charge in [-0.15, -0.1) is 0 Å². The van der Waals surface area contributed by atoms with Crippen LogP contribution in [0.15, 0.2) is 32.5 Å². The number of primary sulfonamides is 1. The van der Waals surface area contributed by atoms with Gasteiger partial charge in [0.2, 0.25) is 10.0 Å². The fourth-order valence-electron chi connectivity index (χ4n) is 2.88. The molecular weight excluding hydrogens is 431 g/mol. The predicted octanol–water partition coefficient (Wildman–Crippen LogP) is 1.86. The lowest BCUT2D eigenvalue weighted by Gasteiger charge is -2.05. The van der Waals surface area contributed by atoms with Crippen LogP contribution in [0, 0.1) is 17.7 Å². The van der Waals surface area contributed by atoms with Gasteiger partial charge in [0.1, 0.15) is 17.2 Å². The van der Waals surface area contributed by atoms with E-state index in [1.165, 1.54) is 6.07 Å². The van der Waals surface area contributed by atoms with Crippen molar-refractivity contribution in [3.63, 3.8) is 0 Å². The van der Waals surface area contributed by atoms with Crippen molar-refractivity contribution in [1.82, 2.24) is 10.3 Å². The van der Waals surface area contributed by atoms with Crippen molar-refractivity contribution in [2.75, 3.05) is 5.75 Å². The quantitative estimate of drug-likeness (QED) is 0.378. The molecule has 3 rings (SSSR count). The molecule has 140 valence electrons. The molecule has 0 radical (unpaired) electrons. The molecule has 8 nitrogen and oxygen atoms in total. The van der Waals surface area contributed by atoms with Crippen LogP contribution < -0.4 is 5.14 Å². The number of oxime groups is 1. The van der Waals surface area contributed by atoms with E-state index < -0.39 is 15.8 Å². The minimum absolute atomic E-state index is 0.0166. The second kappa shape index (κ2) is 7.41. The van der Waals surface area contributed by atoms with Crippen molar-refractivity contribution in [1.29, 1.82) is 0 Å². The summed E-state index contributed by atoms with van der Waals surface area (Å²) in [5.41, 5.74) is 1.72. The topological polar surface area (TPSA) is 132 Å². The van der Waals surface area contributed by atoms with E-state index in [2.05, 4.69) is 31.4 Å². The molecule has 2 unspecified atom stereocenters. The highest BCUT2D eigenvalue weighted by atomic mass is 79.9. The van der Waals surface area contributed by atoms with Gasteiger partial charge in [-0.1, -0.05) is 16.4 Å². The van der Waals surface area contributed by atoms with Gasteiger partial charge in [-0.25, -0.2) is 22.6 Å². The summed E-state index contributed by atoms with van der Waals surface area (Å²) in [5.74, 6) is -0.367. The fraction of sp³-hybridized carbons (Fsp3) is 0.400. The Morgan fingerprint density at radius 2 is 2.19 bits per heavy atom. The predicted molar refractivity (Wildman–Crippen MR) is 93.7 cm³/mol. The third kappa shape index (κ3) is 4.65. The van der Waals surface area contributed by atoms with Gasteiger partial charge in [0.25, 0.3) is 0 Å². The zero-order valence-corrected chi connectivity index (χ0v) is 15.9. The largest absolute Gasteiger partial charge is 0.411 e. The highest BCUT2D eigenvalue weighted by Gasteiger charge is 2.40. The Balaban J connectivity index is 1.71. The molecule has 2 atom stereocenters. The molecule has 2 aromatic rings. The molecule has 26 heavy (non-hydrogen) atoms. The number of sulfonamides is 1. The summed E-state index contributed by atoms with van der Waals surface area (Å²) in [5, 5.41) is 25.3. The molecule has 11 heteroatoms. The summed E-state index contributed by atoms with van der Waals surface area (Å²) < 4.78 is 40.7. The van der Waals surface area contributed by atoms with E-state index in [-0.39, 0.29) is 29.7 Å². The first-order chi connectivity index (χ1) is 12.3. The van der Waals surface area contributed by atoms with E-state index in [0.717, 1.165) is 6.42 Å². The highest BCUT2D eigenvalue weighted by Crippen LogP contribution is 2.41. The summed E-state index contributed by atoms with van der Waals surface area (Å²) in [4.78, 5) is 0. The van der Waals surface area contributed by atoms with Crippen LogP contribution in [0.4, 0.5) is 4.39 Å². The van der Waals surface area contributed by atoms with Crippen LogP contribution in [-0.4, -0.2) is 35.4 Å². The van der Waals surface area contributed by atoms with Crippen molar-refractivity contribution < 1.29 is 22.6 Å². The molecule has 0 aliphatic heterocycles. The number of nitrogens with two attached hydrogens (primary N) is 1. The number of nitrogens with zero attached hydrogens (tertiary/aromatic N) is 3. The number of aromatic nitrogens is 2. The molecule has 0 bridgehead atoms. The van der Waals surface area contributed by atoms with Crippen LogP contribution in [-0.2, 0) is 22.9 Å². The second-order valence-electron chi connectivity index (χ2n) is 6.32. The second-order valence-corrected chi connectivity index (χ2v) is 8.83. The van der Waals surface area contributed by atoms with E-state index in [4.69, 9.17) is 9.77 Å². The standard InChI is InChI=1S/C15H16BrFN4O4S/c16-11-3-8(1-2-12(11)17)4-13(19-22)15-14(20-25-21-15)6-9-5-10(9)7-26(18,23)24/h1-3,9-10,22H,4-7H2,(H2,18,23,24)/b19-13+. The molecule has 0 saturated heterocycles. The Hall–Kier alpha value is -1.85. The Bertz CT molecular complexity index is 947. The van der Waals surface area contributed by atoms with E-state index in [0.29, 0.717) is 27.8 Å². The van der Waals surface area contributed by atoms with Gasteiger partial charge < -0.3 is 5.21 Å². The van der Waals surface area contributed by atoms with E-state index in [1.54, 1.807) is 12.1 Å². The monoisotopic (exact) mass is 446 g/mol. The van der Waals surface area contributed by atoms with E-state index >= 15 is 0 Å². The molecule has 3 N–H and O–H groups in total. The zero-order chi connectivity index (χ0) is 18.9. The van der Waals surface area contributed by atoms with Gasteiger partial charge in [-0.05, 0) is 63.5 Å². The smallest absolute Gasteiger partial charge is 0.209 e. The minimum atomic E-state index is -3.51. The summed E-state index contributed by atoms with van der Waals surface area (Å²) in [6, 6.07) is 4.45. The lowest BCUT2D eigenvalue weighted by Crippen LogP contribution is -2.18. The van der Waals surface area contributed by atoms with Crippen molar-refractivity contribution in [2.45, 2.75) is 19.3 Å². The summed E-state index contributed by atoms with van der Waals surface area (Å²) >= 11 is 3.11. The first kappa shape index (κ1) is 18.9. The van der Waals surface area contributed by atoms with Crippen molar-refractivity contribution in [3.05, 3.63) is 45.4 Å². The molecule has 1 aliphatic carbocycles. The normalized spacial score (nSPS) is 20.3. The van der Waals surface area contributed by atoms with Gasteiger partial charge in [-0.2, -0.15) is 0 Å². The number of benzene rings is 1. The Labute approximate surface area is 157 Å². The van der Waals surface area contributed by atoms with Crippen molar-refractivity contribution in [3.8, 4) is 0 Å². The van der Waals surface area contributed by atoms with Crippen LogP contribution in [0.25, 0.3) is 0 Å². The SMILES string of the molecule is NS(=O)(=O)CC1CC1Cc1nonc1/C(Cc1ccc(F)c(Br)c1)=N/O. The molecule has 1 aromatic carbocycles. The number of halogens is 2. The lowest BCUT2D eigenvalue weighted by atomic mass is 10.0. The molecule has 0 amide bonds. The maximum absolute atomic E-state index is 13.3. The lowest BCUT2D eigenvalue weighted by molar-refractivity contribution is 0.300. The number of rotatable bonds is 7. The molecule has 1 fully saturated rings. The van der Waals surface area contributed by atoms with Gasteiger partial charge >= 0.3 is 0 Å². The summed E-state index contributed by atoms with van der Waals surface area (Å²) in [6.07, 6.45) is 1.37. The highest BCUT2D eigenvalue weighted by molar-refractivity contribution is 9.10. The van der Waals surface area contributed by atoms with Crippen LogP contribution >= 0.6 is 15.9 Å². The van der Waals surface area contributed by atoms with Crippen LogP contribution in [0.1, 0.15) is 23.4 Å².